The van der Waals surface area contributed by atoms with Gasteiger partial charge in [0, 0.05) is 30.7 Å². The van der Waals surface area contributed by atoms with Crippen molar-refractivity contribution in [2.45, 2.75) is 29.6 Å². The third kappa shape index (κ3) is 3.76. The third-order valence-electron chi connectivity index (χ3n) is 6.24. The van der Waals surface area contributed by atoms with E-state index in [1.165, 1.54) is 4.31 Å². The molecule has 8 heteroatoms. The minimum absolute atomic E-state index is 0.123. The van der Waals surface area contributed by atoms with Crippen molar-refractivity contribution in [1.82, 2.24) is 9.21 Å². The van der Waals surface area contributed by atoms with E-state index in [9.17, 15) is 13.2 Å². The zero-order valence-corrected chi connectivity index (χ0v) is 19.3. The van der Waals surface area contributed by atoms with Crippen LogP contribution in [0.5, 0.6) is 5.75 Å². The Bertz CT molecular complexity index is 1010. The predicted octanol–water partition coefficient (Wildman–Crippen LogP) is 3.41. The Morgan fingerprint density at radius 1 is 0.967 bits per heavy atom. The molecule has 0 unspecified atom stereocenters. The van der Waals surface area contributed by atoms with Crippen molar-refractivity contribution in [2.24, 2.45) is 0 Å². The topological polar surface area (TPSA) is 66.9 Å². The fourth-order valence-electron chi connectivity index (χ4n) is 4.26. The first-order valence-electron chi connectivity index (χ1n) is 10.1. The number of carbonyl (C=O) groups excluding carboxylic acids is 1. The molecular weight excluding hydrogens is 468 g/mol. The molecule has 1 saturated heterocycles. The minimum atomic E-state index is -3.59. The molecule has 0 bridgehead atoms. The van der Waals surface area contributed by atoms with Crippen LogP contribution in [0.4, 0.5) is 0 Å². The number of hydrogen-bond acceptors (Lipinski definition) is 4. The van der Waals surface area contributed by atoms with Crippen LogP contribution >= 0.6 is 15.9 Å². The first kappa shape index (κ1) is 21.3. The molecule has 0 N–H and O–H groups in total. The van der Waals surface area contributed by atoms with Crippen molar-refractivity contribution in [1.29, 1.82) is 0 Å². The second kappa shape index (κ2) is 8.32. The van der Waals surface area contributed by atoms with Crippen molar-refractivity contribution in [3.05, 3.63) is 58.6 Å². The van der Waals surface area contributed by atoms with Gasteiger partial charge < -0.3 is 9.64 Å². The summed E-state index contributed by atoms with van der Waals surface area (Å²) < 4.78 is 33.5. The maximum absolute atomic E-state index is 13.4. The monoisotopic (exact) mass is 492 g/mol. The summed E-state index contributed by atoms with van der Waals surface area (Å²) in [6, 6.07) is 14.4. The number of nitrogens with zero attached hydrogens (tertiary/aromatic N) is 2. The Kier molecular flexibility index (Phi) is 5.92. The molecule has 1 aliphatic carbocycles. The van der Waals surface area contributed by atoms with Crippen LogP contribution in [0.3, 0.4) is 0 Å². The molecule has 30 heavy (non-hydrogen) atoms. The fourth-order valence-corrected chi connectivity index (χ4v) is 5.94. The van der Waals surface area contributed by atoms with Crippen LogP contribution in [0.1, 0.15) is 24.8 Å². The normalized spacial score (nSPS) is 19.2. The average Bonchev–Trinajstić information content (AvgIpc) is 2.74. The van der Waals surface area contributed by atoms with Gasteiger partial charge in [0.2, 0.25) is 15.9 Å². The van der Waals surface area contributed by atoms with Crippen molar-refractivity contribution in [3.8, 4) is 5.75 Å². The number of carbonyl (C=O) groups is 1. The molecular formula is C22H25BrN2O4S. The lowest BCUT2D eigenvalue weighted by atomic mass is 9.63. The zero-order valence-electron chi connectivity index (χ0n) is 16.9. The Morgan fingerprint density at radius 3 is 2.07 bits per heavy atom. The molecule has 1 amide bonds. The van der Waals surface area contributed by atoms with Crippen molar-refractivity contribution in [3.63, 3.8) is 0 Å². The van der Waals surface area contributed by atoms with E-state index >= 15 is 0 Å². The molecule has 1 heterocycles. The Labute approximate surface area is 186 Å². The first-order valence-corrected chi connectivity index (χ1v) is 12.3. The summed E-state index contributed by atoms with van der Waals surface area (Å²) in [6.07, 6.45) is 2.73. The lowest BCUT2D eigenvalue weighted by molar-refractivity contribution is -0.142. The molecule has 2 aliphatic rings. The Morgan fingerprint density at radius 2 is 1.57 bits per heavy atom. The first-order chi connectivity index (χ1) is 14.4. The number of ether oxygens (including phenoxy) is 1. The van der Waals surface area contributed by atoms with E-state index in [0.29, 0.717) is 31.9 Å². The molecule has 0 atom stereocenters. The smallest absolute Gasteiger partial charge is 0.243 e. The number of sulfonamides is 1. The molecule has 0 spiro atoms. The van der Waals surface area contributed by atoms with E-state index in [-0.39, 0.29) is 10.8 Å². The van der Waals surface area contributed by atoms with E-state index in [2.05, 4.69) is 15.9 Å². The summed E-state index contributed by atoms with van der Waals surface area (Å²) in [7, 11) is -2.04. The molecule has 0 aromatic heterocycles. The number of amides is 1. The lowest BCUT2D eigenvalue weighted by Crippen LogP contribution is -2.57. The van der Waals surface area contributed by atoms with E-state index in [0.717, 1.165) is 29.3 Å². The second-order valence-corrected chi connectivity index (χ2v) is 10.7. The minimum Gasteiger partial charge on any atom is -0.497 e. The van der Waals surface area contributed by atoms with Gasteiger partial charge in [0.05, 0.1) is 17.4 Å². The Hall–Kier alpha value is -1.90. The van der Waals surface area contributed by atoms with Crippen LogP contribution < -0.4 is 4.74 Å². The van der Waals surface area contributed by atoms with Crippen molar-refractivity contribution >= 4 is 31.9 Å². The van der Waals surface area contributed by atoms with Gasteiger partial charge in [0.15, 0.2) is 0 Å². The van der Waals surface area contributed by atoms with Gasteiger partial charge in [-0.15, -0.1) is 0 Å². The number of rotatable bonds is 5. The van der Waals surface area contributed by atoms with E-state index < -0.39 is 15.4 Å². The van der Waals surface area contributed by atoms with Gasteiger partial charge in [-0.05, 0) is 54.8 Å². The summed E-state index contributed by atoms with van der Waals surface area (Å²) in [5.74, 6) is 0.737. The number of halogens is 1. The van der Waals surface area contributed by atoms with Gasteiger partial charge in [-0.2, -0.15) is 4.31 Å². The highest BCUT2D eigenvalue weighted by atomic mass is 79.9. The maximum Gasteiger partial charge on any atom is 0.243 e. The van der Waals surface area contributed by atoms with E-state index in [1.807, 2.05) is 29.2 Å². The second-order valence-electron chi connectivity index (χ2n) is 7.81. The Balaban J connectivity index is 1.46. The van der Waals surface area contributed by atoms with Crippen LogP contribution in [0, 0.1) is 0 Å². The number of methoxy groups -OCH3 is 1. The van der Waals surface area contributed by atoms with Crippen LogP contribution in [0.2, 0.25) is 0 Å². The molecule has 1 saturated carbocycles. The highest BCUT2D eigenvalue weighted by Crippen LogP contribution is 2.45. The van der Waals surface area contributed by atoms with Crippen LogP contribution in [-0.2, 0) is 20.2 Å². The van der Waals surface area contributed by atoms with Crippen molar-refractivity contribution in [2.75, 3.05) is 33.3 Å². The van der Waals surface area contributed by atoms with Gasteiger partial charge in [0.1, 0.15) is 5.75 Å². The fraction of sp³-hybridized carbons (Fsp3) is 0.409. The van der Waals surface area contributed by atoms with Gasteiger partial charge in [-0.25, -0.2) is 8.42 Å². The van der Waals surface area contributed by atoms with E-state index in [1.54, 1.807) is 31.4 Å². The highest BCUT2D eigenvalue weighted by Gasteiger charge is 2.48. The molecule has 0 radical (unpaired) electrons. The van der Waals surface area contributed by atoms with Gasteiger partial charge in [0.25, 0.3) is 0 Å². The van der Waals surface area contributed by atoms with Crippen LogP contribution in [0.15, 0.2) is 57.9 Å². The number of piperazine rings is 1. The van der Waals surface area contributed by atoms with Crippen LogP contribution in [0.25, 0.3) is 0 Å². The third-order valence-corrected chi connectivity index (χ3v) is 8.68. The highest BCUT2D eigenvalue weighted by molar-refractivity contribution is 9.10. The number of benzene rings is 2. The largest absolute Gasteiger partial charge is 0.497 e. The van der Waals surface area contributed by atoms with E-state index in [4.69, 9.17) is 4.74 Å². The quantitative estimate of drug-likeness (QED) is 0.641. The maximum atomic E-state index is 13.4. The summed E-state index contributed by atoms with van der Waals surface area (Å²) in [5, 5.41) is 0. The summed E-state index contributed by atoms with van der Waals surface area (Å²) in [4.78, 5) is 15.5. The summed E-state index contributed by atoms with van der Waals surface area (Å²) in [5.41, 5.74) is 0.591. The molecule has 6 nitrogen and oxygen atoms in total. The standard InChI is InChI=1S/C22H25BrN2O4S/c1-29-19-7-9-20(10-8-19)30(27,28)25-15-13-24(14-16-25)21(26)22(11-2-12-22)17-3-5-18(23)6-4-17/h3-10H,2,11-16H2,1H3. The van der Waals surface area contributed by atoms with Crippen LogP contribution in [-0.4, -0.2) is 56.8 Å². The predicted molar refractivity (Wildman–Crippen MR) is 118 cm³/mol. The molecule has 160 valence electrons. The van der Waals surface area contributed by atoms with Gasteiger partial charge in [-0.3, -0.25) is 4.79 Å². The summed E-state index contributed by atoms with van der Waals surface area (Å²) >= 11 is 3.45. The number of hydrogen-bond donors (Lipinski definition) is 0. The zero-order chi connectivity index (χ0) is 21.4. The van der Waals surface area contributed by atoms with Gasteiger partial charge in [-0.1, -0.05) is 34.5 Å². The average molecular weight is 493 g/mol. The molecule has 1 aliphatic heterocycles. The molecule has 2 aromatic carbocycles. The SMILES string of the molecule is COc1ccc(S(=O)(=O)N2CCN(C(=O)C3(c4ccc(Br)cc4)CCC3)CC2)cc1. The van der Waals surface area contributed by atoms with Crippen molar-refractivity contribution < 1.29 is 17.9 Å². The molecule has 2 aromatic rings. The summed E-state index contributed by atoms with van der Waals surface area (Å²) in [6.45, 7) is 1.42. The lowest BCUT2D eigenvalue weighted by Gasteiger charge is -2.46. The molecule has 4 rings (SSSR count). The van der Waals surface area contributed by atoms with Gasteiger partial charge >= 0.3 is 0 Å². The molecule has 2 fully saturated rings.